The molecule has 1 aromatic carbocycles. The number of hydrogen-bond donors (Lipinski definition) is 1. The fourth-order valence-electron chi connectivity index (χ4n) is 2.29. The molecule has 2 heteroatoms. The van der Waals surface area contributed by atoms with Crippen LogP contribution in [0.2, 0.25) is 0 Å². The van der Waals surface area contributed by atoms with Crippen LogP contribution in [0.3, 0.4) is 0 Å². The summed E-state index contributed by atoms with van der Waals surface area (Å²) >= 11 is 0. The minimum Gasteiger partial charge on any atom is -0.373 e. The molecular weight excluding hydrogens is 172 g/mol. The lowest BCUT2D eigenvalue weighted by Gasteiger charge is -2.32. The van der Waals surface area contributed by atoms with E-state index < -0.39 is 0 Å². The van der Waals surface area contributed by atoms with E-state index in [1.165, 1.54) is 29.8 Å². The van der Waals surface area contributed by atoms with Gasteiger partial charge in [-0.1, -0.05) is 24.3 Å². The third-order valence-electron chi connectivity index (χ3n) is 3.11. The third-order valence-corrected chi connectivity index (χ3v) is 3.11. The first kappa shape index (κ1) is 8.04. The van der Waals surface area contributed by atoms with Crippen LogP contribution < -0.4 is 5.32 Å². The second-order valence-electron chi connectivity index (χ2n) is 4.00. The average molecular weight is 186 g/mol. The Labute approximate surface area is 84.1 Å². The molecule has 0 radical (unpaired) electrons. The second-order valence-corrected chi connectivity index (χ2v) is 4.00. The van der Waals surface area contributed by atoms with Crippen molar-refractivity contribution in [1.82, 2.24) is 5.32 Å². The molecule has 0 spiro atoms. The molecule has 0 fully saturated rings. The summed E-state index contributed by atoms with van der Waals surface area (Å²) in [4.78, 5) is 4.56. The molecule has 2 aliphatic rings. The van der Waals surface area contributed by atoms with Crippen molar-refractivity contribution in [2.45, 2.75) is 18.8 Å². The zero-order valence-corrected chi connectivity index (χ0v) is 8.16. The minimum absolute atomic E-state index is 0.562. The Morgan fingerprint density at radius 2 is 2.21 bits per heavy atom. The molecule has 2 nitrogen and oxygen atoms in total. The molecule has 0 aromatic heterocycles. The predicted molar refractivity (Wildman–Crippen MR) is 57.8 cm³/mol. The van der Waals surface area contributed by atoms with Crippen molar-refractivity contribution in [3.63, 3.8) is 0 Å². The van der Waals surface area contributed by atoms with E-state index in [0.29, 0.717) is 5.92 Å². The summed E-state index contributed by atoms with van der Waals surface area (Å²) in [6.07, 6.45) is 2.35. The maximum absolute atomic E-state index is 4.56. The summed E-state index contributed by atoms with van der Waals surface area (Å²) in [5, 5.41) is 3.41. The summed E-state index contributed by atoms with van der Waals surface area (Å²) in [7, 11) is 0. The Bertz CT molecular complexity index is 382. The topological polar surface area (TPSA) is 24.4 Å². The maximum atomic E-state index is 4.56. The van der Waals surface area contributed by atoms with E-state index >= 15 is 0 Å². The summed E-state index contributed by atoms with van der Waals surface area (Å²) < 4.78 is 0. The number of nitrogens with zero attached hydrogens (tertiary/aromatic N) is 1. The molecule has 1 heterocycles. The molecule has 1 aliphatic carbocycles. The van der Waals surface area contributed by atoms with Crippen LogP contribution >= 0.6 is 0 Å². The van der Waals surface area contributed by atoms with Gasteiger partial charge in [0.25, 0.3) is 0 Å². The lowest BCUT2D eigenvalue weighted by atomic mass is 9.76. The van der Waals surface area contributed by atoms with Crippen molar-refractivity contribution >= 4 is 5.84 Å². The molecule has 0 saturated carbocycles. The normalized spacial score (nSPS) is 24.3. The maximum Gasteiger partial charge on any atom is 0.104 e. The van der Waals surface area contributed by atoms with Gasteiger partial charge >= 0.3 is 0 Å². The number of rotatable bonds is 1. The van der Waals surface area contributed by atoms with E-state index in [9.17, 15) is 0 Å². The van der Waals surface area contributed by atoms with Crippen molar-refractivity contribution in [2.75, 3.05) is 13.1 Å². The fraction of sp³-hybridized carbons (Fsp3) is 0.417. The van der Waals surface area contributed by atoms with Crippen LogP contribution in [0.25, 0.3) is 0 Å². The molecule has 1 aliphatic heterocycles. The van der Waals surface area contributed by atoms with Gasteiger partial charge < -0.3 is 5.32 Å². The Morgan fingerprint density at radius 1 is 1.29 bits per heavy atom. The average Bonchev–Trinajstić information content (AvgIpc) is 2.22. The highest BCUT2D eigenvalue weighted by Gasteiger charge is 2.30. The second kappa shape index (κ2) is 3.12. The number of hydrogen-bond acceptors (Lipinski definition) is 2. The molecule has 3 rings (SSSR count). The van der Waals surface area contributed by atoms with Crippen LogP contribution in [0.15, 0.2) is 29.3 Å². The van der Waals surface area contributed by atoms with E-state index in [2.05, 4.69) is 34.6 Å². The summed E-state index contributed by atoms with van der Waals surface area (Å²) in [5.41, 5.74) is 2.97. The molecule has 72 valence electrons. The number of benzene rings is 1. The SMILES string of the molecule is c1ccc2c(c1)CC2C1=NCCCN1. The molecule has 1 atom stereocenters. The van der Waals surface area contributed by atoms with Crippen LogP contribution in [-0.4, -0.2) is 18.9 Å². The highest BCUT2D eigenvalue weighted by molar-refractivity contribution is 5.92. The summed E-state index contributed by atoms with van der Waals surface area (Å²) in [5.74, 6) is 1.78. The van der Waals surface area contributed by atoms with Crippen molar-refractivity contribution < 1.29 is 0 Å². The van der Waals surface area contributed by atoms with Gasteiger partial charge in [0.15, 0.2) is 0 Å². The van der Waals surface area contributed by atoms with Gasteiger partial charge in [0.2, 0.25) is 0 Å². The van der Waals surface area contributed by atoms with Gasteiger partial charge in [0, 0.05) is 19.0 Å². The predicted octanol–water partition coefficient (Wildman–Crippen LogP) is 1.72. The summed E-state index contributed by atoms with van der Waals surface area (Å²) in [6.45, 7) is 2.10. The van der Waals surface area contributed by atoms with Gasteiger partial charge in [-0.2, -0.15) is 0 Å². The standard InChI is InChI=1S/C12H14N2/c1-2-5-10-9(4-1)8-11(10)12-13-6-3-7-14-12/h1-2,4-5,11H,3,6-8H2,(H,13,14). The van der Waals surface area contributed by atoms with E-state index in [-0.39, 0.29) is 0 Å². The Balaban J connectivity index is 1.87. The first-order chi connectivity index (χ1) is 6.95. The molecule has 1 unspecified atom stereocenters. The van der Waals surface area contributed by atoms with Crippen LogP contribution in [0, 0.1) is 0 Å². The van der Waals surface area contributed by atoms with Crippen molar-refractivity contribution in [1.29, 1.82) is 0 Å². The number of aliphatic imine (C=N–C) groups is 1. The first-order valence-corrected chi connectivity index (χ1v) is 5.31. The van der Waals surface area contributed by atoms with Gasteiger partial charge in [0.05, 0.1) is 0 Å². The number of nitrogens with one attached hydrogen (secondary N) is 1. The zero-order valence-electron chi connectivity index (χ0n) is 8.16. The molecule has 1 aromatic rings. The molecule has 14 heavy (non-hydrogen) atoms. The van der Waals surface area contributed by atoms with Gasteiger partial charge in [-0.05, 0) is 24.0 Å². The quantitative estimate of drug-likeness (QED) is 0.709. The molecule has 0 amide bonds. The van der Waals surface area contributed by atoms with Crippen molar-refractivity contribution in [3.8, 4) is 0 Å². The fourth-order valence-corrected chi connectivity index (χ4v) is 2.29. The minimum atomic E-state index is 0.562. The van der Waals surface area contributed by atoms with Gasteiger partial charge in [-0.3, -0.25) is 4.99 Å². The van der Waals surface area contributed by atoms with Crippen molar-refractivity contribution in [3.05, 3.63) is 35.4 Å². The number of amidine groups is 1. The van der Waals surface area contributed by atoms with Gasteiger partial charge in [-0.25, -0.2) is 0 Å². The molecule has 0 bridgehead atoms. The Kier molecular flexibility index (Phi) is 1.79. The Hall–Kier alpha value is -1.31. The summed E-state index contributed by atoms with van der Waals surface area (Å²) in [6, 6.07) is 8.68. The highest BCUT2D eigenvalue weighted by atomic mass is 15.0. The lowest BCUT2D eigenvalue weighted by molar-refractivity contribution is 0.668. The van der Waals surface area contributed by atoms with Crippen molar-refractivity contribution in [2.24, 2.45) is 4.99 Å². The van der Waals surface area contributed by atoms with E-state index in [1.54, 1.807) is 0 Å². The van der Waals surface area contributed by atoms with Crippen LogP contribution in [0.5, 0.6) is 0 Å². The molecular formula is C12H14N2. The Morgan fingerprint density at radius 3 is 3.00 bits per heavy atom. The lowest BCUT2D eigenvalue weighted by Crippen LogP contribution is -2.38. The van der Waals surface area contributed by atoms with E-state index in [1.807, 2.05) is 0 Å². The first-order valence-electron chi connectivity index (χ1n) is 5.31. The smallest absolute Gasteiger partial charge is 0.104 e. The van der Waals surface area contributed by atoms with Crippen LogP contribution in [0.4, 0.5) is 0 Å². The van der Waals surface area contributed by atoms with E-state index in [0.717, 1.165) is 13.1 Å². The largest absolute Gasteiger partial charge is 0.373 e. The molecule has 0 saturated heterocycles. The van der Waals surface area contributed by atoms with Crippen LogP contribution in [0.1, 0.15) is 23.5 Å². The van der Waals surface area contributed by atoms with E-state index in [4.69, 9.17) is 0 Å². The highest BCUT2D eigenvalue weighted by Crippen LogP contribution is 2.35. The van der Waals surface area contributed by atoms with Crippen LogP contribution in [-0.2, 0) is 6.42 Å². The zero-order chi connectivity index (χ0) is 9.38. The third kappa shape index (κ3) is 1.14. The van der Waals surface area contributed by atoms with Gasteiger partial charge in [0.1, 0.15) is 5.84 Å². The monoisotopic (exact) mass is 186 g/mol. The molecule has 1 N–H and O–H groups in total. The number of fused-ring (bicyclic) bond motifs is 1. The van der Waals surface area contributed by atoms with Gasteiger partial charge in [-0.15, -0.1) is 0 Å².